The number of rotatable bonds is 3. The Morgan fingerprint density at radius 3 is 2.95 bits per heavy atom. The Hall–Kier alpha value is -1.13. The Bertz CT molecular complexity index is 636. The van der Waals surface area contributed by atoms with Crippen LogP contribution < -0.4 is 11.1 Å². The summed E-state index contributed by atoms with van der Waals surface area (Å²) in [5, 5.41) is 4.75. The Morgan fingerprint density at radius 1 is 1.42 bits per heavy atom. The van der Waals surface area contributed by atoms with Gasteiger partial charge in [0.25, 0.3) is 5.91 Å². The van der Waals surface area contributed by atoms with Crippen LogP contribution in [0.2, 0.25) is 0 Å². The maximum Gasteiger partial charge on any atom is 0.262 e. The summed E-state index contributed by atoms with van der Waals surface area (Å²) in [6, 6.07) is 5.79. The summed E-state index contributed by atoms with van der Waals surface area (Å²) < 4.78 is 1.06. The molecular weight excluding hydrogens is 344 g/mol. The van der Waals surface area contributed by atoms with E-state index in [1.807, 2.05) is 23.6 Å². The molecule has 1 amide bonds. The molecule has 0 saturated carbocycles. The van der Waals surface area contributed by atoms with Crippen LogP contribution >= 0.6 is 38.6 Å². The lowest BCUT2D eigenvalue weighted by molar-refractivity contribution is 0.0955. The first-order valence-electron chi connectivity index (χ1n) is 5.49. The standard InChI is InChI=1S/C13H11BrN2OS2/c14-11-4-3-10(19-11)8-16-13(17)12-9(2-1-6-15)5-7-18-12/h3-5,7H,6,8,15H2,(H,16,17). The normalized spacial score (nSPS) is 9.79. The third kappa shape index (κ3) is 3.91. The number of halogens is 1. The largest absolute Gasteiger partial charge is 0.346 e. The van der Waals surface area contributed by atoms with Crippen molar-refractivity contribution in [2.24, 2.45) is 5.73 Å². The molecule has 2 rings (SSSR count). The first-order chi connectivity index (χ1) is 9.20. The summed E-state index contributed by atoms with van der Waals surface area (Å²) >= 11 is 6.39. The molecule has 98 valence electrons. The van der Waals surface area contributed by atoms with E-state index in [4.69, 9.17) is 5.73 Å². The Labute approximate surface area is 128 Å². The van der Waals surface area contributed by atoms with Crippen LogP contribution in [0.4, 0.5) is 0 Å². The van der Waals surface area contributed by atoms with Crippen molar-refractivity contribution in [3.8, 4) is 11.8 Å². The van der Waals surface area contributed by atoms with Gasteiger partial charge in [0, 0.05) is 10.4 Å². The molecule has 0 aliphatic carbocycles. The third-order valence-electron chi connectivity index (χ3n) is 2.25. The van der Waals surface area contributed by atoms with Crippen LogP contribution in [0.3, 0.4) is 0 Å². The molecule has 2 aromatic rings. The van der Waals surface area contributed by atoms with E-state index in [1.54, 1.807) is 11.3 Å². The average molecular weight is 355 g/mol. The highest BCUT2D eigenvalue weighted by Gasteiger charge is 2.11. The fourth-order valence-electron chi connectivity index (χ4n) is 1.42. The number of thiophene rings is 2. The van der Waals surface area contributed by atoms with Gasteiger partial charge < -0.3 is 11.1 Å². The molecule has 0 fully saturated rings. The average Bonchev–Trinajstić information content (AvgIpc) is 3.02. The molecular formula is C13H11BrN2OS2. The summed E-state index contributed by atoms with van der Waals surface area (Å²) in [6.07, 6.45) is 0. The van der Waals surface area contributed by atoms with Gasteiger partial charge >= 0.3 is 0 Å². The van der Waals surface area contributed by atoms with Gasteiger partial charge in [-0.15, -0.1) is 22.7 Å². The molecule has 0 radical (unpaired) electrons. The van der Waals surface area contributed by atoms with Gasteiger partial charge in [0.1, 0.15) is 4.88 Å². The van der Waals surface area contributed by atoms with Gasteiger partial charge in [-0.3, -0.25) is 4.79 Å². The van der Waals surface area contributed by atoms with Crippen molar-refractivity contribution >= 4 is 44.5 Å². The second kappa shape index (κ2) is 6.87. The minimum atomic E-state index is -0.0964. The van der Waals surface area contributed by atoms with E-state index >= 15 is 0 Å². The van der Waals surface area contributed by atoms with Crippen molar-refractivity contribution in [2.45, 2.75) is 6.54 Å². The minimum Gasteiger partial charge on any atom is -0.346 e. The van der Waals surface area contributed by atoms with Crippen LogP contribution in [-0.4, -0.2) is 12.5 Å². The summed E-state index contributed by atoms with van der Waals surface area (Å²) in [7, 11) is 0. The molecule has 3 N–H and O–H groups in total. The summed E-state index contributed by atoms with van der Waals surface area (Å²) in [4.78, 5) is 13.8. The number of nitrogens with one attached hydrogen (secondary N) is 1. The highest BCUT2D eigenvalue weighted by atomic mass is 79.9. The van der Waals surface area contributed by atoms with E-state index < -0.39 is 0 Å². The van der Waals surface area contributed by atoms with E-state index in [1.165, 1.54) is 11.3 Å². The van der Waals surface area contributed by atoms with Crippen molar-refractivity contribution in [1.82, 2.24) is 5.32 Å². The van der Waals surface area contributed by atoms with Crippen LogP contribution in [0.1, 0.15) is 20.1 Å². The first-order valence-corrected chi connectivity index (χ1v) is 7.98. The molecule has 0 saturated heterocycles. The minimum absolute atomic E-state index is 0.0964. The third-order valence-corrected chi connectivity index (χ3v) is 4.79. The zero-order valence-electron chi connectivity index (χ0n) is 9.90. The van der Waals surface area contributed by atoms with Gasteiger partial charge in [-0.25, -0.2) is 0 Å². The van der Waals surface area contributed by atoms with Gasteiger partial charge in [-0.2, -0.15) is 0 Å². The predicted molar refractivity (Wildman–Crippen MR) is 83.4 cm³/mol. The van der Waals surface area contributed by atoms with E-state index in [0.717, 1.165) is 14.2 Å². The number of amides is 1. The number of carbonyl (C=O) groups is 1. The highest BCUT2D eigenvalue weighted by Crippen LogP contribution is 2.22. The predicted octanol–water partition coefficient (Wildman–Crippen LogP) is 2.81. The number of nitrogens with two attached hydrogens (primary N) is 1. The number of hydrogen-bond donors (Lipinski definition) is 2. The van der Waals surface area contributed by atoms with Gasteiger partial charge in [0.05, 0.1) is 16.9 Å². The quantitative estimate of drug-likeness (QED) is 0.832. The van der Waals surface area contributed by atoms with Crippen molar-refractivity contribution < 1.29 is 4.79 Å². The molecule has 0 unspecified atom stereocenters. The zero-order valence-corrected chi connectivity index (χ0v) is 13.1. The van der Waals surface area contributed by atoms with Gasteiger partial charge in [0.2, 0.25) is 0 Å². The fourth-order valence-corrected chi connectivity index (χ4v) is 3.61. The van der Waals surface area contributed by atoms with Crippen LogP contribution in [0.25, 0.3) is 0 Å². The Kier molecular flexibility index (Phi) is 5.16. The molecule has 2 aromatic heterocycles. The van der Waals surface area contributed by atoms with Crippen LogP contribution in [0.5, 0.6) is 0 Å². The van der Waals surface area contributed by atoms with E-state index in [0.29, 0.717) is 18.0 Å². The second-order valence-electron chi connectivity index (χ2n) is 3.56. The molecule has 3 nitrogen and oxygen atoms in total. The van der Waals surface area contributed by atoms with Crippen molar-refractivity contribution in [3.63, 3.8) is 0 Å². The van der Waals surface area contributed by atoms with Gasteiger partial charge in [-0.05, 0) is 39.5 Å². The SMILES string of the molecule is NCC#Cc1ccsc1C(=O)NCc1ccc(Br)s1. The van der Waals surface area contributed by atoms with E-state index in [9.17, 15) is 4.79 Å². The van der Waals surface area contributed by atoms with Crippen LogP contribution in [0.15, 0.2) is 27.4 Å². The second-order valence-corrected chi connectivity index (χ2v) is 7.02. The topological polar surface area (TPSA) is 55.1 Å². The molecule has 19 heavy (non-hydrogen) atoms. The summed E-state index contributed by atoms with van der Waals surface area (Å²) in [6.45, 7) is 0.816. The van der Waals surface area contributed by atoms with Crippen molar-refractivity contribution in [2.75, 3.05) is 6.54 Å². The molecule has 0 aliphatic heterocycles. The molecule has 0 atom stereocenters. The molecule has 2 heterocycles. The van der Waals surface area contributed by atoms with E-state index in [2.05, 4.69) is 33.1 Å². The molecule has 6 heteroatoms. The first kappa shape index (κ1) is 14.3. The monoisotopic (exact) mass is 354 g/mol. The lowest BCUT2D eigenvalue weighted by atomic mass is 10.2. The number of hydrogen-bond acceptors (Lipinski definition) is 4. The Morgan fingerprint density at radius 2 is 2.26 bits per heavy atom. The van der Waals surface area contributed by atoms with Gasteiger partial charge in [0.15, 0.2) is 0 Å². The smallest absolute Gasteiger partial charge is 0.262 e. The maximum absolute atomic E-state index is 12.1. The lowest BCUT2D eigenvalue weighted by Crippen LogP contribution is -2.22. The lowest BCUT2D eigenvalue weighted by Gasteiger charge is -2.02. The molecule has 0 aromatic carbocycles. The maximum atomic E-state index is 12.1. The van der Waals surface area contributed by atoms with E-state index in [-0.39, 0.29) is 5.91 Å². The summed E-state index contributed by atoms with van der Waals surface area (Å²) in [5.41, 5.74) is 6.07. The zero-order chi connectivity index (χ0) is 13.7. The molecule has 0 aliphatic rings. The van der Waals surface area contributed by atoms with Crippen LogP contribution in [0, 0.1) is 11.8 Å². The summed E-state index contributed by atoms with van der Waals surface area (Å²) in [5.74, 6) is 5.57. The van der Waals surface area contributed by atoms with Crippen molar-refractivity contribution in [1.29, 1.82) is 0 Å². The van der Waals surface area contributed by atoms with Gasteiger partial charge in [-0.1, -0.05) is 11.8 Å². The Balaban J connectivity index is 2.02. The van der Waals surface area contributed by atoms with Crippen molar-refractivity contribution in [3.05, 3.63) is 42.7 Å². The van der Waals surface area contributed by atoms with Crippen LogP contribution in [-0.2, 0) is 6.54 Å². The molecule has 0 spiro atoms. The fraction of sp³-hybridized carbons (Fsp3) is 0.154. The number of carbonyl (C=O) groups excluding carboxylic acids is 1. The highest BCUT2D eigenvalue weighted by molar-refractivity contribution is 9.11. The molecule has 0 bridgehead atoms.